The number of pyridine rings is 1. The van der Waals surface area contributed by atoms with Gasteiger partial charge < -0.3 is 5.73 Å². The Kier molecular flexibility index (Phi) is 3.06. The third kappa shape index (κ3) is 2.25. The fraction of sp³-hybridized carbons (Fsp3) is 0.471. The van der Waals surface area contributed by atoms with Crippen molar-refractivity contribution in [1.82, 2.24) is 4.98 Å². The molecular weight excluding hydrogens is 232 g/mol. The molecule has 2 N–H and O–H groups in total. The number of rotatable bonds is 1. The molecule has 1 saturated carbocycles. The highest BCUT2D eigenvalue weighted by atomic mass is 14.8. The minimum Gasteiger partial charge on any atom is -0.321 e. The predicted molar refractivity (Wildman–Crippen MR) is 79.8 cm³/mol. The van der Waals surface area contributed by atoms with Crippen molar-refractivity contribution < 1.29 is 0 Å². The van der Waals surface area contributed by atoms with E-state index in [2.05, 4.69) is 43.1 Å². The zero-order valence-electron chi connectivity index (χ0n) is 11.8. The number of hydrogen-bond donors (Lipinski definition) is 1. The molecule has 2 nitrogen and oxygen atoms in total. The Morgan fingerprint density at radius 2 is 1.79 bits per heavy atom. The number of nitrogens with zero attached hydrogens (tertiary/aromatic N) is 1. The topological polar surface area (TPSA) is 38.9 Å². The molecule has 2 atom stereocenters. The SMILES string of the molecule is CC1CC(C)CC(N)(c2cccc3cccnc23)C1. The van der Waals surface area contributed by atoms with E-state index in [1.807, 2.05) is 12.3 Å². The van der Waals surface area contributed by atoms with Crippen molar-refractivity contribution in [3.8, 4) is 0 Å². The summed E-state index contributed by atoms with van der Waals surface area (Å²) in [5.74, 6) is 1.38. The van der Waals surface area contributed by atoms with Gasteiger partial charge in [0.15, 0.2) is 0 Å². The van der Waals surface area contributed by atoms with Crippen LogP contribution in [0, 0.1) is 11.8 Å². The van der Waals surface area contributed by atoms with Crippen LogP contribution in [0.5, 0.6) is 0 Å². The van der Waals surface area contributed by atoms with E-state index in [1.165, 1.54) is 17.4 Å². The molecule has 1 aliphatic carbocycles. The zero-order valence-corrected chi connectivity index (χ0v) is 11.8. The van der Waals surface area contributed by atoms with Gasteiger partial charge in [-0.3, -0.25) is 4.98 Å². The molecule has 1 aromatic carbocycles. The number of nitrogens with two attached hydrogens (primary N) is 1. The number of benzene rings is 1. The minimum atomic E-state index is -0.217. The van der Waals surface area contributed by atoms with Gasteiger partial charge in [-0.2, -0.15) is 0 Å². The highest BCUT2D eigenvalue weighted by Crippen LogP contribution is 2.42. The molecule has 1 aliphatic rings. The normalized spacial score (nSPS) is 31.5. The lowest BCUT2D eigenvalue weighted by atomic mass is 9.69. The predicted octanol–water partition coefficient (Wildman–Crippen LogP) is 3.84. The van der Waals surface area contributed by atoms with Crippen LogP contribution in [0.2, 0.25) is 0 Å². The first kappa shape index (κ1) is 12.6. The fourth-order valence-electron chi connectivity index (χ4n) is 3.91. The Hall–Kier alpha value is -1.41. The summed E-state index contributed by atoms with van der Waals surface area (Å²) in [7, 11) is 0. The molecule has 1 fully saturated rings. The van der Waals surface area contributed by atoms with Crippen molar-refractivity contribution in [2.45, 2.75) is 38.6 Å². The summed E-state index contributed by atoms with van der Waals surface area (Å²) in [6.07, 6.45) is 5.28. The quantitative estimate of drug-likeness (QED) is 0.839. The highest BCUT2D eigenvalue weighted by Gasteiger charge is 2.37. The molecule has 0 bridgehead atoms. The Morgan fingerprint density at radius 1 is 1.11 bits per heavy atom. The smallest absolute Gasteiger partial charge is 0.0752 e. The Balaban J connectivity index is 2.12. The summed E-state index contributed by atoms with van der Waals surface area (Å²) < 4.78 is 0. The lowest BCUT2D eigenvalue weighted by molar-refractivity contribution is 0.185. The van der Waals surface area contributed by atoms with E-state index in [0.29, 0.717) is 11.8 Å². The largest absolute Gasteiger partial charge is 0.321 e. The molecule has 1 aromatic heterocycles. The second-order valence-corrected chi connectivity index (χ2v) is 6.39. The van der Waals surface area contributed by atoms with Crippen molar-refractivity contribution in [3.05, 3.63) is 42.1 Å². The van der Waals surface area contributed by atoms with Gasteiger partial charge in [0.25, 0.3) is 0 Å². The zero-order chi connectivity index (χ0) is 13.5. The van der Waals surface area contributed by atoms with Gasteiger partial charge in [-0.15, -0.1) is 0 Å². The summed E-state index contributed by atoms with van der Waals surface area (Å²) in [6, 6.07) is 10.5. The molecule has 0 aliphatic heterocycles. The van der Waals surface area contributed by atoms with Crippen molar-refractivity contribution in [2.24, 2.45) is 17.6 Å². The van der Waals surface area contributed by atoms with E-state index in [0.717, 1.165) is 18.4 Å². The average Bonchev–Trinajstić information content (AvgIpc) is 2.36. The first-order valence-corrected chi connectivity index (χ1v) is 7.21. The van der Waals surface area contributed by atoms with Crippen molar-refractivity contribution in [1.29, 1.82) is 0 Å². The van der Waals surface area contributed by atoms with E-state index in [-0.39, 0.29) is 5.54 Å². The Morgan fingerprint density at radius 3 is 2.53 bits per heavy atom. The third-order valence-corrected chi connectivity index (χ3v) is 4.40. The van der Waals surface area contributed by atoms with Gasteiger partial charge in [0.2, 0.25) is 0 Å². The Bertz CT molecular complexity index is 575. The first-order chi connectivity index (χ1) is 9.08. The van der Waals surface area contributed by atoms with Crippen LogP contribution in [0.25, 0.3) is 10.9 Å². The fourth-order valence-corrected chi connectivity index (χ4v) is 3.91. The average molecular weight is 254 g/mol. The van der Waals surface area contributed by atoms with Crippen LogP contribution in [0.15, 0.2) is 36.5 Å². The maximum Gasteiger partial charge on any atom is 0.0752 e. The van der Waals surface area contributed by atoms with Crippen molar-refractivity contribution in [3.63, 3.8) is 0 Å². The molecular formula is C17H22N2. The van der Waals surface area contributed by atoms with E-state index < -0.39 is 0 Å². The molecule has 19 heavy (non-hydrogen) atoms. The van der Waals surface area contributed by atoms with Gasteiger partial charge in [-0.25, -0.2) is 0 Å². The van der Waals surface area contributed by atoms with Gasteiger partial charge in [0.1, 0.15) is 0 Å². The van der Waals surface area contributed by atoms with E-state index in [9.17, 15) is 0 Å². The Labute approximate surface area is 115 Å². The van der Waals surface area contributed by atoms with Crippen LogP contribution in [-0.2, 0) is 5.54 Å². The van der Waals surface area contributed by atoms with Gasteiger partial charge in [0.05, 0.1) is 5.52 Å². The molecule has 2 unspecified atom stereocenters. The van der Waals surface area contributed by atoms with Gasteiger partial charge in [0, 0.05) is 17.1 Å². The highest BCUT2D eigenvalue weighted by molar-refractivity contribution is 5.82. The van der Waals surface area contributed by atoms with Crippen LogP contribution >= 0.6 is 0 Å². The van der Waals surface area contributed by atoms with E-state index >= 15 is 0 Å². The molecule has 1 heterocycles. The van der Waals surface area contributed by atoms with Crippen LogP contribution in [-0.4, -0.2) is 4.98 Å². The first-order valence-electron chi connectivity index (χ1n) is 7.21. The van der Waals surface area contributed by atoms with Gasteiger partial charge in [-0.1, -0.05) is 38.1 Å². The summed E-state index contributed by atoms with van der Waals surface area (Å²) in [6.45, 7) is 4.63. The molecule has 0 amide bonds. The van der Waals surface area contributed by atoms with Crippen LogP contribution < -0.4 is 5.73 Å². The van der Waals surface area contributed by atoms with Crippen LogP contribution in [0.4, 0.5) is 0 Å². The summed E-state index contributed by atoms with van der Waals surface area (Å²) >= 11 is 0. The maximum atomic E-state index is 6.79. The lowest BCUT2D eigenvalue weighted by Gasteiger charge is -2.40. The number of para-hydroxylation sites is 1. The number of fused-ring (bicyclic) bond motifs is 1. The van der Waals surface area contributed by atoms with Crippen LogP contribution in [0.1, 0.15) is 38.7 Å². The van der Waals surface area contributed by atoms with Crippen molar-refractivity contribution >= 4 is 10.9 Å². The summed E-state index contributed by atoms with van der Waals surface area (Å²) in [5.41, 5.74) is 8.87. The molecule has 2 aromatic rings. The van der Waals surface area contributed by atoms with E-state index in [1.54, 1.807) is 0 Å². The van der Waals surface area contributed by atoms with Gasteiger partial charge >= 0.3 is 0 Å². The maximum absolute atomic E-state index is 6.79. The van der Waals surface area contributed by atoms with Gasteiger partial charge in [-0.05, 0) is 42.7 Å². The van der Waals surface area contributed by atoms with E-state index in [4.69, 9.17) is 5.73 Å². The summed E-state index contributed by atoms with van der Waals surface area (Å²) in [5, 5.41) is 1.19. The monoisotopic (exact) mass is 254 g/mol. The van der Waals surface area contributed by atoms with Crippen molar-refractivity contribution in [2.75, 3.05) is 0 Å². The molecule has 0 spiro atoms. The lowest BCUT2D eigenvalue weighted by Crippen LogP contribution is -2.43. The third-order valence-electron chi connectivity index (χ3n) is 4.40. The molecule has 0 saturated heterocycles. The summed E-state index contributed by atoms with van der Waals surface area (Å²) in [4.78, 5) is 4.57. The molecule has 100 valence electrons. The number of aromatic nitrogens is 1. The molecule has 0 radical (unpaired) electrons. The standard InChI is InChI=1S/C17H22N2/c1-12-9-13(2)11-17(18,10-12)15-7-3-5-14-6-4-8-19-16(14)15/h3-8,12-13H,9-11,18H2,1-2H3. The molecule has 2 heteroatoms. The second kappa shape index (κ2) is 4.61. The van der Waals surface area contributed by atoms with Crippen LogP contribution in [0.3, 0.4) is 0 Å². The molecule has 3 rings (SSSR count). The minimum absolute atomic E-state index is 0.217. The second-order valence-electron chi connectivity index (χ2n) is 6.39. The number of hydrogen-bond acceptors (Lipinski definition) is 2.